The van der Waals surface area contributed by atoms with Crippen molar-refractivity contribution in [2.24, 2.45) is 0 Å². The first-order valence-electron chi connectivity index (χ1n) is 18.2. The van der Waals surface area contributed by atoms with Crippen molar-refractivity contribution >= 4 is 64.9 Å². The first-order chi connectivity index (χ1) is 26.3. The monoisotopic (exact) mass is 672 g/mol. The Morgan fingerprint density at radius 1 is 0.321 bits per heavy atom. The van der Waals surface area contributed by atoms with Crippen LogP contribution in [-0.4, -0.2) is 9.55 Å². The van der Waals surface area contributed by atoms with Gasteiger partial charge in [0, 0.05) is 39.8 Å². The number of nitrogens with zero attached hydrogens (tertiary/aromatic N) is 2. The van der Waals surface area contributed by atoms with Crippen LogP contribution >= 0.6 is 0 Å². The van der Waals surface area contributed by atoms with Gasteiger partial charge in [-0.25, -0.2) is 0 Å². The molecule has 0 bridgehead atoms. The molecular formula is C51H32N2. The van der Waals surface area contributed by atoms with Gasteiger partial charge < -0.3 is 4.57 Å². The zero-order valence-corrected chi connectivity index (χ0v) is 28.9. The Labute approximate surface area is 306 Å². The minimum atomic E-state index is 1.15. The Morgan fingerprint density at radius 2 is 0.830 bits per heavy atom. The van der Waals surface area contributed by atoms with Crippen LogP contribution in [0.5, 0.6) is 0 Å². The van der Waals surface area contributed by atoms with E-state index in [-0.39, 0.29) is 0 Å². The van der Waals surface area contributed by atoms with E-state index in [4.69, 9.17) is 4.98 Å². The SMILES string of the molecule is c1ccc(-n2c3ccccc3c3cc(-c4ccc(-c5c6ccccc6c(-c6cncc7ccccc67)c6ccccc56)c5ccccc45)ccc32)cc1. The van der Waals surface area contributed by atoms with Crippen molar-refractivity contribution in [3.8, 4) is 39.1 Å². The van der Waals surface area contributed by atoms with Gasteiger partial charge in [0.05, 0.1) is 11.0 Å². The topological polar surface area (TPSA) is 17.8 Å². The second-order valence-corrected chi connectivity index (χ2v) is 13.9. The fraction of sp³-hybridized carbons (Fsp3) is 0. The van der Waals surface area contributed by atoms with E-state index in [1.807, 2.05) is 12.4 Å². The largest absolute Gasteiger partial charge is 0.309 e. The van der Waals surface area contributed by atoms with E-state index in [9.17, 15) is 0 Å². The zero-order valence-electron chi connectivity index (χ0n) is 28.9. The van der Waals surface area contributed by atoms with Crippen LogP contribution in [0.3, 0.4) is 0 Å². The summed E-state index contributed by atoms with van der Waals surface area (Å²) in [6.07, 6.45) is 4.00. The average molecular weight is 673 g/mol. The van der Waals surface area contributed by atoms with Crippen LogP contribution in [0.25, 0.3) is 104 Å². The number of para-hydroxylation sites is 2. The van der Waals surface area contributed by atoms with Crippen LogP contribution in [0.2, 0.25) is 0 Å². The summed E-state index contributed by atoms with van der Waals surface area (Å²) < 4.78 is 2.38. The van der Waals surface area contributed by atoms with E-state index in [0.29, 0.717) is 0 Å². The maximum absolute atomic E-state index is 4.71. The Balaban J connectivity index is 1.16. The predicted octanol–water partition coefficient (Wildman–Crippen LogP) is 13.8. The maximum atomic E-state index is 4.71. The zero-order chi connectivity index (χ0) is 34.9. The van der Waals surface area contributed by atoms with Crippen LogP contribution in [0.4, 0.5) is 0 Å². The number of hydrogen-bond donors (Lipinski definition) is 0. The van der Waals surface area contributed by atoms with E-state index < -0.39 is 0 Å². The third-order valence-electron chi connectivity index (χ3n) is 11.1. The third-order valence-corrected chi connectivity index (χ3v) is 11.1. The van der Waals surface area contributed by atoms with Gasteiger partial charge in [-0.15, -0.1) is 0 Å². The second-order valence-electron chi connectivity index (χ2n) is 13.9. The maximum Gasteiger partial charge on any atom is 0.0541 e. The van der Waals surface area contributed by atoms with Crippen LogP contribution in [0, 0.1) is 0 Å². The number of pyridine rings is 1. The number of hydrogen-bond acceptors (Lipinski definition) is 1. The number of fused-ring (bicyclic) bond motifs is 7. The van der Waals surface area contributed by atoms with Gasteiger partial charge in [0.1, 0.15) is 0 Å². The fourth-order valence-corrected chi connectivity index (χ4v) is 8.79. The van der Waals surface area contributed by atoms with E-state index in [0.717, 1.165) is 10.9 Å². The molecule has 0 N–H and O–H groups in total. The smallest absolute Gasteiger partial charge is 0.0541 e. The third kappa shape index (κ3) is 4.49. The normalized spacial score (nSPS) is 11.8. The highest BCUT2D eigenvalue weighted by Crippen LogP contribution is 2.47. The summed E-state index contributed by atoms with van der Waals surface area (Å²) in [6, 6.07) is 66.4. The molecule has 2 nitrogen and oxygen atoms in total. The van der Waals surface area contributed by atoms with E-state index in [1.165, 1.54) is 93.0 Å². The Hall–Kier alpha value is -7.03. The van der Waals surface area contributed by atoms with E-state index >= 15 is 0 Å². The molecule has 0 radical (unpaired) electrons. The summed E-state index contributed by atoms with van der Waals surface area (Å²) in [5.74, 6) is 0. The van der Waals surface area contributed by atoms with Gasteiger partial charge >= 0.3 is 0 Å². The standard InChI is InChI=1S/C51H32N2/c1-2-15-35(16-3-1)53-48-25-13-12-20-40(48)46-30-33(26-29-49(46)53)37-27-28-45(39-19-7-6-18-38(37)39)50-41-21-8-10-23-43(41)51(44-24-11-9-22-42(44)50)47-32-52-31-34-14-4-5-17-36(34)47/h1-32H. The van der Waals surface area contributed by atoms with Gasteiger partial charge in [-0.1, -0.05) is 152 Å². The molecule has 0 atom stereocenters. The van der Waals surface area contributed by atoms with Crippen molar-refractivity contribution in [3.05, 3.63) is 194 Å². The molecule has 2 heteroatoms. The number of benzene rings is 9. The average Bonchev–Trinajstić information content (AvgIpc) is 3.56. The van der Waals surface area contributed by atoms with Gasteiger partial charge in [-0.2, -0.15) is 0 Å². The van der Waals surface area contributed by atoms with Gasteiger partial charge in [-0.3, -0.25) is 4.98 Å². The molecule has 0 saturated heterocycles. The molecule has 9 aromatic carbocycles. The predicted molar refractivity (Wildman–Crippen MR) is 225 cm³/mol. The summed E-state index contributed by atoms with van der Waals surface area (Å²) in [5, 5.41) is 12.3. The molecule has 2 aromatic heterocycles. The molecule has 53 heavy (non-hydrogen) atoms. The summed E-state index contributed by atoms with van der Waals surface area (Å²) in [7, 11) is 0. The molecule has 0 aliphatic heterocycles. The highest BCUT2D eigenvalue weighted by Gasteiger charge is 2.20. The van der Waals surface area contributed by atoms with Crippen LogP contribution in [-0.2, 0) is 0 Å². The molecule has 0 aliphatic carbocycles. The Bertz CT molecular complexity index is 3160. The van der Waals surface area contributed by atoms with Crippen LogP contribution in [0.15, 0.2) is 194 Å². The first-order valence-corrected chi connectivity index (χ1v) is 18.2. The molecule has 0 unspecified atom stereocenters. The summed E-state index contributed by atoms with van der Waals surface area (Å²) in [6.45, 7) is 0. The lowest BCUT2D eigenvalue weighted by atomic mass is 9.83. The summed E-state index contributed by atoms with van der Waals surface area (Å²) in [4.78, 5) is 4.71. The number of rotatable bonds is 4. The van der Waals surface area contributed by atoms with Crippen molar-refractivity contribution in [2.45, 2.75) is 0 Å². The van der Waals surface area contributed by atoms with Crippen LogP contribution < -0.4 is 0 Å². The minimum absolute atomic E-state index is 1.15. The van der Waals surface area contributed by atoms with Crippen molar-refractivity contribution in [3.63, 3.8) is 0 Å². The van der Waals surface area contributed by atoms with Gasteiger partial charge in [-0.05, 0) is 95.9 Å². The van der Waals surface area contributed by atoms with Crippen molar-refractivity contribution < 1.29 is 0 Å². The van der Waals surface area contributed by atoms with Crippen molar-refractivity contribution in [1.29, 1.82) is 0 Å². The molecular weight excluding hydrogens is 641 g/mol. The molecule has 2 heterocycles. The lowest BCUT2D eigenvalue weighted by molar-refractivity contribution is 1.18. The molecule has 0 aliphatic rings. The quantitative estimate of drug-likeness (QED) is 0.170. The second kappa shape index (κ2) is 11.8. The summed E-state index contributed by atoms with van der Waals surface area (Å²) >= 11 is 0. The molecule has 11 rings (SSSR count). The first kappa shape index (κ1) is 29.7. The minimum Gasteiger partial charge on any atom is -0.309 e. The van der Waals surface area contributed by atoms with Crippen LogP contribution in [0.1, 0.15) is 0 Å². The fourth-order valence-electron chi connectivity index (χ4n) is 8.79. The molecule has 0 fully saturated rings. The van der Waals surface area contributed by atoms with E-state index in [1.54, 1.807) is 0 Å². The lowest BCUT2D eigenvalue weighted by Gasteiger charge is -2.20. The lowest BCUT2D eigenvalue weighted by Crippen LogP contribution is -1.94. The number of aromatic nitrogens is 2. The van der Waals surface area contributed by atoms with Gasteiger partial charge in [0.25, 0.3) is 0 Å². The molecule has 0 saturated carbocycles. The van der Waals surface area contributed by atoms with E-state index in [2.05, 4.69) is 187 Å². The Kier molecular flexibility index (Phi) is 6.59. The van der Waals surface area contributed by atoms with Crippen molar-refractivity contribution in [2.75, 3.05) is 0 Å². The molecule has 11 aromatic rings. The molecule has 246 valence electrons. The van der Waals surface area contributed by atoms with Crippen molar-refractivity contribution in [1.82, 2.24) is 9.55 Å². The highest BCUT2D eigenvalue weighted by atomic mass is 15.0. The highest BCUT2D eigenvalue weighted by molar-refractivity contribution is 6.25. The molecule has 0 amide bonds. The Morgan fingerprint density at radius 3 is 1.53 bits per heavy atom. The summed E-state index contributed by atoms with van der Waals surface area (Å²) in [5.41, 5.74) is 10.9. The van der Waals surface area contributed by atoms with Gasteiger partial charge in [0.2, 0.25) is 0 Å². The molecule has 0 spiro atoms. The van der Waals surface area contributed by atoms with Gasteiger partial charge in [0.15, 0.2) is 0 Å².